The number of rotatable bonds is 3. The van der Waals surface area contributed by atoms with Crippen molar-refractivity contribution in [2.45, 2.75) is 20.4 Å². The Kier molecular flexibility index (Phi) is 6.27. The van der Waals surface area contributed by atoms with Crippen LogP contribution in [0.25, 0.3) is 0 Å². The van der Waals surface area contributed by atoms with E-state index in [1.165, 1.54) is 0 Å². The van der Waals surface area contributed by atoms with Crippen molar-refractivity contribution in [3.8, 4) is 0 Å². The van der Waals surface area contributed by atoms with E-state index >= 15 is 0 Å². The van der Waals surface area contributed by atoms with E-state index in [1.807, 2.05) is 30.9 Å². The Bertz CT molecular complexity index is 690. The topological polar surface area (TPSA) is 49.6 Å². The Labute approximate surface area is 153 Å². The van der Waals surface area contributed by atoms with Gasteiger partial charge in [0.2, 0.25) is 0 Å². The fourth-order valence-corrected chi connectivity index (χ4v) is 3.05. The number of halogens is 2. The van der Waals surface area contributed by atoms with Crippen LogP contribution in [0.3, 0.4) is 0 Å². The molecule has 7 heteroatoms. The lowest BCUT2D eigenvalue weighted by Crippen LogP contribution is -2.48. The van der Waals surface area contributed by atoms with Crippen LogP contribution < -0.4 is 0 Å². The third-order valence-corrected chi connectivity index (χ3v) is 4.53. The number of aromatic nitrogens is 1. The molecule has 0 unspecified atom stereocenters. The first-order valence-electron chi connectivity index (χ1n) is 7.73. The van der Waals surface area contributed by atoms with Crippen molar-refractivity contribution < 1.29 is 9.32 Å². The van der Waals surface area contributed by atoms with Crippen molar-refractivity contribution in [2.24, 2.45) is 0 Å². The van der Waals surface area contributed by atoms with Gasteiger partial charge in [0.05, 0.1) is 5.69 Å². The van der Waals surface area contributed by atoms with Gasteiger partial charge in [-0.05, 0) is 32.0 Å². The monoisotopic (exact) mass is 369 g/mol. The SMILES string of the molecule is Cc1noc(C)c1CN1CCN(C(=O)c2cccc(Cl)c2)CC1.Cl. The summed E-state index contributed by atoms with van der Waals surface area (Å²) in [4.78, 5) is 16.7. The Balaban J connectivity index is 0.00000208. The summed E-state index contributed by atoms with van der Waals surface area (Å²) < 4.78 is 5.21. The van der Waals surface area contributed by atoms with E-state index in [2.05, 4.69) is 10.1 Å². The Morgan fingerprint density at radius 1 is 1.25 bits per heavy atom. The third-order valence-electron chi connectivity index (χ3n) is 4.29. The Morgan fingerprint density at radius 2 is 1.96 bits per heavy atom. The van der Waals surface area contributed by atoms with E-state index in [0.29, 0.717) is 23.7 Å². The average Bonchev–Trinajstić information content (AvgIpc) is 2.87. The van der Waals surface area contributed by atoms with Crippen molar-refractivity contribution in [3.63, 3.8) is 0 Å². The van der Waals surface area contributed by atoms with Crippen LogP contribution in [0.1, 0.15) is 27.4 Å². The largest absolute Gasteiger partial charge is 0.361 e. The summed E-state index contributed by atoms with van der Waals surface area (Å²) in [6, 6.07) is 7.12. The number of hydrogen-bond donors (Lipinski definition) is 0. The van der Waals surface area contributed by atoms with E-state index in [-0.39, 0.29) is 18.3 Å². The van der Waals surface area contributed by atoms with Gasteiger partial charge in [-0.2, -0.15) is 0 Å². The van der Waals surface area contributed by atoms with Crippen LogP contribution in [0.5, 0.6) is 0 Å². The molecule has 1 amide bonds. The maximum Gasteiger partial charge on any atom is 0.253 e. The molecule has 3 rings (SSSR count). The maximum atomic E-state index is 12.5. The number of benzene rings is 1. The molecule has 0 saturated carbocycles. The number of amides is 1. The highest BCUT2D eigenvalue weighted by atomic mass is 35.5. The quantitative estimate of drug-likeness (QED) is 0.832. The molecular weight excluding hydrogens is 349 g/mol. The smallest absolute Gasteiger partial charge is 0.253 e. The molecule has 0 aliphatic carbocycles. The van der Waals surface area contributed by atoms with Crippen LogP contribution in [-0.4, -0.2) is 47.0 Å². The van der Waals surface area contributed by atoms with Gasteiger partial charge in [-0.15, -0.1) is 12.4 Å². The number of piperazine rings is 1. The first-order valence-corrected chi connectivity index (χ1v) is 8.11. The highest BCUT2D eigenvalue weighted by Crippen LogP contribution is 2.18. The molecule has 130 valence electrons. The zero-order valence-electron chi connectivity index (χ0n) is 13.8. The number of carbonyl (C=O) groups is 1. The zero-order valence-corrected chi connectivity index (χ0v) is 15.4. The van der Waals surface area contributed by atoms with Crippen molar-refractivity contribution in [2.75, 3.05) is 26.2 Å². The predicted molar refractivity (Wildman–Crippen MR) is 95.9 cm³/mol. The molecule has 0 radical (unpaired) electrons. The van der Waals surface area contributed by atoms with Crippen molar-refractivity contribution >= 4 is 29.9 Å². The molecule has 1 saturated heterocycles. The van der Waals surface area contributed by atoms with Gasteiger partial charge in [0.15, 0.2) is 0 Å². The Hall–Kier alpha value is -1.56. The molecule has 0 N–H and O–H groups in total. The molecule has 24 heavy (non-hydrogen) atoms. The number of nitrogens with zero attached hydrogens (tertiary/aromatic N) is 3. The average molecular weight is 370 g/mol. The van der Waals surface area contributed by atoms with Crippen molar-refractivity contribution in [1.29, 1.82) is 0 Å². The summed E-state index contributed by atoms with van der Waals surface area (Å²) in [5.74, 6) is 0.921. The summed E-state index contributed by atoms with van der Waals surface area (Å²) in [5, 5.41) is 4.58. The molecule has 2 aromatic rings. The zero-order chi connectivity index (χ0) is 16.4. The van der Waals surface area contributed by atoms with Gasteiger partial charge < -0.3 is 9.42 Å². The molecule has 0 atom stereocenters. The second-order valence-corrected chi connectivity index (χ2v) is 6.32. The second kappa shape index (κ2) is 8.01. The summed E-state index contributed by atoms with van der Waals surface area (Å²) in [7, 11) is 0. The van der Waals surface area contributed by atoms with Gasteiger partial charge in [-0.1, -0.05) is 22.8 Å². The van der Waals surface area contributed by atoms with Crippen LogP contribution in [0.15, 0.2) is 28.8 Å². The molecule has 1 aromatic heterocycles. The molecule has 1 fully saturated rings. The fourth-order valence-electron chi connectivity index (χ4n) is 2.86. The normalized spacial score (nSPS) is 15.2. The highest BCUT2D eigenvalue weighted by Gasteiger charge is 2.23. The lowest BCUT2D eigenvalue weighted by molar-refractivity contribution is 0.0627. The van der Waals surface area contributed by atoms with Crippen molar-refractivity contribution in [3.05, 3.63) is 51.9 Å². The van der Waals surface area contributed by atoms with Gasteiger partial charge in [0, 0.05) is 48.9 Å². The number of carbonyl (C=O) groups excluding carboxylic acids is 1. The standard InChI is InChI=1S/C17H20ClN3O2.ClH/c1-12-16(13(2)23-19-12)11-20-6-8-21(9-7-20)17(22)14-4-3-5-15(18)10-14;/h3-5,10H,6-9,11H2,1-2H3;1H. The summed E-state index contributed by atoms with van der Waals surface area (Å²) in [5.41, 5.74) is 2.75. The van der Waals surface area contributed by atoms with Gasteiger partial charge in [-0.25, -0.2) is 0 Å². The third kappa shape index (κ3) is 4.09. The van der Waals surface area contributed by atoms with Crippen LogP contribution in [0.2, 0.25) is 5.02 Å². The minimum Gasteiger partial charge on any atom is -0.361 e. The van der Waals surface area contributed by atoms with E-state index in [4.69, 9.17) is 16.1 Å². The second-order valence-electron chi connectivity index (χ2n) is 5.88. The summed E-state index contributed by atoms with van der Waals surface area (Å²) >= 11 is 5.97. The Morgan fingerprint density at radius 3 is 2.54 bits per heavy atom. The fraction of sp³-hybridized carbons (Fsp3) is 0.412. The number of hydrogen-bond acceptors (Lipinski definition) is 4. The molecule has 2 heterocycles. The molecule has 1 aliphatic rings. The van der Waals surface area contributed by atoms with Crippen LogP contribution in [0, 0.1) is 13.8 Å². The van der Waals surface area contributed by atoms with Gasteiger partial charge in [0.25, 0.3) is 5.91 Å². The van der Waals surface area contributed by atoms with Crippen LogP contribution in [-0.2, 0) is 6.54 Å². The molecule has 1 aliphatic heterocycles. The first-order chi connectivity index (χ1) is 11.0. The maximum absolute atomic E-state index is 12.5. The predicted octanol–water partition coefficient (Wildman–Crippen LogP) is 3.32. The van der Waals surface area contributed by atoms with Crippen LogP contribution in [0.4, 0.5) is 0 Å². The molecule has 5 nitrogen and oxygen atoms in total. The highest BCUT2D eigenvalue weighted by molar-refractivity contribution is 6.30. The summed E-state index contributed by atoms with van der Waals surface area (Å²) in [6.07, 6.45) is 0. The summed E-state index contributed by atoms with van der Waals surface area (Å²) in [6.45, 7) is 7.84. The molecule has 0 bridgehead atoms. The van der Waals surface area contributed by atoms with E-state index in [9.17, 15) is 4.79 Å². The van der Waals surface area contributed by atoms with Crippen LogP contribution >= 0.6 is 24.0 Å². The van der Waals surface area contributed by atoms with Gasteiger partial charge in [-0.3, -0.25) is 9.69 Å². The van der Waals surface area contributed by atoms with E-state index in [1.54, 1.807) is 12.1 Å². The van der Waals surface area contributed by atoms with E-state index < -0.39 is 0 Å². The lowest BCUT2D eigenvalue weighted by atomic mass is 10.1. The van der Waals surface area contributed by atoms with Gasteiger partial charge in [0.1, 0.15) is 5.76 Å². The minimum absolute atomic E-state index is 0. The molecule has 0 spiro atoms. The van der Waals surface area contributed by atoms with E-state index in [0.717, 1.165) is 36.7 Å². The molecule has 1 aromatic carbocycles. The lowest BCUT2D eigenvalue weighted by Gasteiger charge is -2.34. The first kappa shape index (κ1) is 18.8. The van der Waals surface area contributed by atoms with Gasteiger partial charge >= 0.3 is 0 Å². The minimum atomic E-state index is 0. The van der Waals surface area contributed by atoms with Crippen molar-refractivity contribution in [1.82, 2.24) is 15.0 Å². The number of aryl methyl sites for hydroxylation is 2. The molecular formula is C17H21Cl2N3O2.